The maximum absolute atomic E-state index is 12.8. The van der Waals surface area contributed by atoms with E-state index in [1.54, 1.807) is 0 Å². The average molecular weight is 879 g/mol. The number of hydrogen-bond donors (Lipinski definition) is 1. The minimum absolute atomic E-state index is 0.168. The highest BCUT2D eigenvalue weighted by Crippen LogP contribution is 2.11. The van der Waals surface area contributed by atoms with Gasteiger partial charge in [0.25, 0.3) is 6.29 Å². The molecule has 0 saturated heterocycles. The lowest BCUT2D eigenvalue weighted by atomic mass is 10.1. The van der Waals surface area contributed by atoms with E-state index in [2.05, 4.69) is 117 Å². The Labute approximate surface area is 384 Å². The van der Waals surface area contributed by atoms with E-state index in [4.69, 9.17) is 18.9 Å². The quantitative estimate of drug-likeness (QED) is 0.0212. The molecule has 2 unspecified atom stereocenters. The molecule has 1 N–H and O–H groups in total. The standard InChI is InChI=1S/C54H87NO8/c1-6-8-10-12-14-16-18-20-22-23-24-25-26-27-28-29-31-33-35-37-39-41-43-45-52(57)63-50(49-62-54(53(58)59)60-47-46-55(3,4)5)48-61-51(56)44-42-40-38-36-34-32-30-21-19-17-15-13-11-9-7-2/h8,10,14-17,20-22,24-25,27-28,30-31,33,37,39,50,54H,6-7,9,11-13,18-19,23,26,29,32,34-36,38,40-49H2,1-5H3/p+1/b10-8-,16-14-,17-15-,22-20-,25-24-,28-27-,30-21-,33-31-,39-37-. The van der Waals surface area contributed by atoms with Gasteiger partial charge in [-0.15, -0.1) is 0 Å². The molecule has 0 aliphatic heterocycles. The Hall–Kier alpha value is -4.05. The Morgan fingerprint density at radius 1 is 0.492 bits per heavy atom. The summed E-state index contributed by atoms with van der Waals surface area (Å²) in [6.07, 6.45) is 57.3. The lowest BCUT2D eigenvalue weighted by Crippen LogP contribution is -2.40. The van der Waals surface area contributed by atoms with Gasteiger partial charge in [0, 0.05) is 12.8 Å². The molecule has 0 fully saturated rings. The van der Waals surface area contributed by atoms with Crippen LogP contribution in [0.2, 0.25) is 0 Å². The van der Waals surface area contributed by atoms with E-state index in [-0.39, 0.29) is 38.6 Å². The van der Waals surface area contributed by atoms with Gasteiger partial charge >= 0.3 is 17.9 Å². The van der Waals surface area contributed by atoms with Crippen LogP contribution in [0.5, 0.6) is 0 Å². The minimum Gasteiger partial charge on any atom is -0.477 e. The number of hydrogen-bond acceptors (Lipinski definition) is 7. The van der Waals surface area contributed by atoms with Crippen LogP contribution in [0, 0.1) is 0 Å². The third-order valence-electron chi connectivity index (χ3n) is 9.51. The van der Waals surface area contributed by atoms with Gasteiger partial charge in [0.2, 0.25) is 0 Å². The lowest BCUT2D eigenvalue weighted by Gasteiger charge is -2.25. The maximum atomic E-state index is 12.8. The molecule has 63 heavy (non-hydrogen) atoms. The summed E-state index contributed by atoms with van der Waals surface area (Å²) in [4.78, 5) is 37.2. The van der Waals surface area contributed by atoms with Gasteiger partial charge in [-0.05, 0) is 96.3 Å². The molecule has 0 amide bonds. The third kappa shape index (κ3) is 45.8. The maximum Gasteiger partial charge on any atom is 0.361 e. The summed E-state index contributed by atoms with van der Waals surface area (Å²) in [6.45, 7) is 4.61. The van der Waals surface area contributed by atoms with Crippen LogP contribution in [0.25, 0.3) is 0 Å². The van der Waals surface area contributed by atoms with Crippen molar-refractivity contribution in [3.05, 3.63) is 109 Å². The summed E-state index contributed by atoms with van der Waals surface area (Å²) in [5, 5.41) is 9.65. The van der Waals surface area contributed by atoms with E-state index in [9.17, 15) is 19.5 Å². The van der Waals surface area contributed by atoms with Gasteiger partial charge < -0.3 is 28.5 Å². The monoisotopic (exact) mass is 879 g/mol. The first-order valence-corrected chi connectivity index (χ1v) is 24.1. The van der Waals surface area contributed by atoms with E-state index in [1.807, 2.05) is 27.2 Å². The fraction of sp³-hybridized carbons (Fsp3) is 0.611. The summed E-state index contributed by atoms with van der Waals surface area (Å²) in [5.41, 5.74) is 0. The van der Waals surface area contributed by atoms with Crippen molar-refractivity contribution in [2.24, 2.45) is 0 Å². The van der Waals surface area contributed by atoms with Crippen LogP contribution < -0.4 is 0 Å². The summed E-state index contributed by atoms with van der Waals surface area (Å²) < 4.78 is 22.7. The normalized spacial score (nSPS) is 13.9. The SMILES string of the molecule is CC/C=C\C/C=C\C/C=C\C/C=C\C/C=C\C/C=C\C/C=C\CCCC(=O)OC(COC(=O)CCCCCCC/C=C\C/C=C\CCCCC)COC(OCC[N+](C)(C)C)C(=O)O. The van der Waals surface area contributed by atoms with Crippen LogP contribution in [-0.4, -0.2) is 87.4 Å². The van der Waals surface area contributed by atoms with Crippen molar-refractivity contribution >= 4 is 17.9 Å². The predicted octanol–water partition coefficient (Wildman–Crippen LogP) is 13.2. The highest BCUT2D eigenvalue weighted by molar-refractivity contribution is 5.71. The van der Waals surface area contributed by atoms with E-state index in [0.29, 0.717) is 30.3 Å². The highest BCUT2D eigenvalue weighted by Gasteiger charge is 2.25. The zero-order chi connectivity index (χ0) is 46.3. The second-order valence-electron chi connectivity index (χ2n) is 16.7. The van der Waals surface area contributed by atoms with Crippen LogP contribution in [0.4, 0.5) is 0 Å². The van der Waals surface area contributed by atoms with Crippen LogP contribution >= 0.6 is 0 Å². The number of aliphatic carboxylic acids is 1. The number of nitrogens with zero attached hydrogens (tertiary/aromatic N) is 1. The first-order valence-electron chi connectivity index (χ1n) is 24.1. The molecule has 0 aliphatic carbocycles. The number of ether oxygens (including phenoxy) is 4. The first kappa shape index (κ1) is 58.9. The van der Waals surface area contributed by atoms with Crippen LogP contribution in [0.3, 0.4) is 0 Å². The van der Waals surface area contributed by atoms with Crippen molar-refractivity contribution in [2.45, 2.75) is 167 Å². The van der Waals surface area contributed by atoms with Crippen molar-refractivity contribution in [1.29, 1.82) is 0 Å². The number of esters is 2. The summed E-state index contributed by atoms with van der Waals surface area (Å²) in [7, 11) is 5.92. The van der Waals surface area contributed by atoms with Crippen LogP contribution in [0.15, 0.2) is 109 Å². The van der Waals surface area contributed by atoms with E-state index >= 15 is 0 Å². The molecule has 0 heterocycles. The van der Waals surface area contributed by atoms with Gasteiger partial charge in [0.05, 0.1) is 34.4 Å². The predicted molar refractivity (Wildman–Crippen MR) is 262 cm³/mol. The molecule has 0 aliphatic rings. The number of carboxylic acids is 1. The van der Waals surface area contributed by atoms with E-state index in [0.717, 1.165) is 83.5 Å². The summed E-state index contributed by atoms with van der Waals surface area (Å²) >= 11 is 0. The molecule has 0 saturated carbocycles. The molecule has 0 rings (SSSR count). The first-order chi connectivity index (χ1) is 30.6. The van der Waals surface area contributed by atoms with Gasteiger partial charge in [0.15, 0.2) is 6.10 Å². The molecule has 9 nitrogen and oxygen atoms in total. The number of unbranched alkanes of at least 4 members (excludes halogenated alkanes) is 9. The zero-order valence-electron chi connectivity index (χ0n) is 40.2. The second-order valence-corrected chi connectivity index (χ2v) is 16.7. The van der Waals surface area contributed by atoms with Gasteiger partial charge in [0.1, 0.15) is 13.2 Å². The highest BCUT2D eigenvalue weighted by atomic mass is 16.7. The van der Waals surface area contributed by atoms with Gasteiger partial charge in [-0.3, -0.25) is 9.59 Å². The number of carbonyl (C=O) groups is 3. The van der Waals surface area contributed by atoms with E-state index in [1.165, 1.54) is 25.7 Å². The topological polar surface area (TPSA) is 108 Å². The van der Waals surface area contributed by atoms with Gasteiger partial charge in [-0.2, -0.15) is 0 Å². The largest absolute Gasteiger partial charge is 0.477 e. The van der Waals surface area contributed by atoms with Crippen LogP contribution in [0.1, 0.15) is 155 Å². The molecule has 9 heteroatoms. The van der Waals surface area contributed by atoms with Crippen molar-refractivity contribution in [2.75, 3.05) is 47.5 Å². The molecular formula is C54H88NO8+. The van der Waals surface area contributed by atoms with Gasteiger partial charge in [-0.25, -0.2) is 4.79 Å². The molecule has 0 radical (unpaired) electrons. The fourth-order valence-electron chi connectivity index (χ4n) is 5.79. The molecule has 0 aromatic carbocycles. The minimum atomic E-state index is -1.53. The summed E-state index contributed by atoms with van der Waals surface area (Å²) in [6, 6.07) is 0. The Kier molecular flexibility index (Phi) is 41.7. The molecule has 0 aromatic heterocycles. The Morgan fingerprint density at radius 3 is 1.40 bits per heavy atom. The third-order valence-corrected chi connectivity index (χ3v) is 9.51. The molecule has 356 valence electrons. The Morgan fingerprint density at radius 2 is 0.921 bits per heavy atom. The Balaban J connectivity index is 4.55. The average Bonchev–Trinajstić information content (AvgIpc) is 3.24. The smallest absolute Gasteiger partial charge is 0.361 e. The fourth-order valence-corrected chi connectivity index (χ4v) is 5.79. The van der Waals surface area contributed by atoms with Crippen molar-refractivity contribution < 1.29 is 42.9 Å². The number of carbonyl (C=O) groups excluding carboxylic acids is 2. The molecule has 0 bridgehead atoms. The van der Waals surface area contributed by atoms with Crippen molar-refractivity contribution in [3.8, 4) is 0 Å². The lowest BCUT2D eigenvalue weighted by molar-refractivity contribution is -0.870. The molecular weight excluding hydrogens is 791 g/mol. The zero-order valence-corrected chi connectivity index (χ0v) is 40.2. The molecule has 0 aromatic rings. The molecule has 0 spiro atoms. The van der Waals surface area contributed by atoms with Crippen LogP contribution in [-0.2, 0) is 33.3 Å². The number of likely N-dealkylation sites (N-methyl/N-ethyl adjacent to an activating group) is 1. The number of carboxylic acid groups (broad SMARTS) is 1. The Bertz CT molecular complexity index is 1390. The van der Waals surface area contributed by atoms with Crippen molar-refractivity contribution in [1.82, 2.24) is 0 Å². The van der Waals surface area contributed by atoms with E-state index < -0.39 is 24.3 Å². The van der Waals surface area contributed by atoms with Gasteiger partial charge in [-0.1, -0.05) is 155 Å². The number of allylic oxidation sites excluding steroid dienone is 18. The molecule has 2 atom stereocenters. The number of rotatable bonds is 42. The van der Waals surface area contributed by atoms with Crippen molar-refractivity contribution in [3.63, 3.8) is 0 Å². The number of quaternary nitrogens is 1. The summed E-state index contributed by atoms with van der Waals surface area (Å²) in [5.74, 6) is -2.13. The second kappa shape index (κ2) is 44.6.